The first-order valence-corrected chi connectivity index (χ1v) is 6.89. The molecule has 18 heavy (non-hydrogen) atoms. The van der Waals surface area contributed by atoms with Gasteiger partial charge in [0.15, 0.2) is 0 Å². The molecule has 0 unspecified atom stereocenters. The fourth-order valence-corrected chi connectivity index (χ4v) is 2.33. The molecule has 2 heterocycles. The minimum absolute atomic E-state index is 0.00906. The predicted molar refractivity (Wildman–Crippen MR) is 63.8 cm³/mol. The van der Waals surface area contributed by atoms with Crippen LogP contribution >= 0.6 is 0 Å². The Morgan fingerprint density at radius 1 is 1.11 bits per heavy atom. The molecular formula is C13H22O5. The van der Waals surface area contributed by atoms with Crippen molar-refractivity contribution < 1.29 is 24.0 Å². The zero-order valence-electron chi connectivity index (χ0n) is 11.1. The zero-order valence-corrected chi connectivity index (χ0v) is 11.1. The number of carbonyl (C=O) groups is 1. The van der Waals surface area contributed by atoms with E-state index >= 15 is 0 Å². The smallest absolute Gasteiger partial charge is 0.308 e. The van der Waals surface area contributed by atoms with E-state index in [4.69, 9.17) is 19.2 Å². The number of hydrogen-bond donors (Lipinski definition) is 0. The van der Waals surface area contributed by atoms with Crippen LogP contribution in [0, 0.1) is 0 Å². The van der Waals surface area contributed by atoms with Crippen molar-refractivity contribution in [2.24, 2.45) is 0 Å². The molecule has 0 aromatic heterocycles. The standard InChI is InChI=1S/C13H22O5/c1-3-5-6-7-9-12-13(16-12)10(18-17-9)8-11(14)15-4-2/h9-10,12-13H,3-8H2,1-2H3/t9-,10+,12+,13-/m0/s1. The second-order valence-electron chi connectivity index (χ2n) is 4.84. The van der Waals surface area contributed by atoms with Gasteiger partial charge < -0.3 is 9.47 Å². The van der Waals surface area contributed by atoms with Gasteiger partial charge in [-0.1, -0.05) is 26.2 Å². The van der Waals surface area contributed by atoms with E-state index in [9.17, 15) is 4.79 Å². The Hall–Kier alpha value is -0.650. The lowest BCUT2D eigenvalue weighted by Crippen LogP contribution is -2.37. The molecule has 0 radical (unpaired) electrons. The molecule has 4 atom stereocenters. The van der Waals surface area contributed by atoms with Gasteiger partial charge in [0.1, 0.15) is 24.4 Å². The number of unbranched alkanes of at least 4 members (excludes halogenated alkanes) is 2. The second-order valence-corrected chi connectivity index (χ2v) is 4.84. The van der Waals surface area contributed by atoms with Crippen LogP contribution in [-0.2, 0) is 24.0 Å². The van der Waals surface area contributed by atoms with E-state index in [1.165, 1.54) is 12.8 Å². The molecule has 2 aliphatic heterocycles. The lowest BCUT2D eigenvalue weighted by atomic mass is 10.0. The van der Waals surface area contributed by atoms with E-state index in [2.05, 4.69) is 6.92 Å². The third-order valence-corrected chi connectivity index (χ3v) is 3.36. The van der Waals surface area contributed by atoms with Gasteiger partial charge >= 0.3 is 5.97 Å². The summed E-state index contributed by atoms with van der Waals surface area (Å²) in [6.07, 6.45) is 4.51. The molecule has 2 rings (SSSR count). The van der Waals surface area contributed by atoms with Crippen LogP contribution in [0.4, 0.5) is 0 Å². The van der Waals surface area contributed by atoms with Crippen LogP contribution in [0.15, 0.2) is 0 Å². The summed E-state index contributed by atoms with van der Waals surface area (Å²) in [6.45, 7) is 4.35. The van der Waals surface area contributed by atoms with Crippen LogP contribution < -0.4 is 0 Å². The summed E-state index contributed by atoms with van der Waals surface area (Å²) in [6, 6.07) is 0. The Balaban J connectivity index is 1.70. The van der Waals surface area contributed by atoms with Crippen LogP contribution in [0.3, 0.4) is 0 Å². The largest absolute Gasteiger partial charge is 0.466 e. The predicted octanol–water partition coefficient (Wildman–Crippen LogP) is 1.99. The molecule has 104 valence electrons. The highest BCUT2D eigenvalue weighted by Gasteiger charge is 2.55. The van der Waals surface area contributed by atoms with Gasteiger partial charge in [-0.3, -0.25) is 4.79 Å². The molecule has 2 aliphatic rings. The van der Waals surface area contributed by atoms with Crippen molar-refractivity contribution in [2.45, 2.75) is 70.4 Å². The molecule has 0 bridgehead atoms. The Morgan fingerprint density at radius 2 is 1.83 bits per heavy atom. The van der Waals surface area contributed by atoms with Crippen molar-refractivity contribution in [3.8, 4) is 0 Å². The van der Waals surface area contributed by atoms with Gasteiger partial charge in [0.25, 0.3) is 0 Å². The number of rotatable bonds is 7. The van der Waals surface area contributed by atoms with E-state index < -0.39 is 0 Å². The summed E-state index contributed by atoms with van der Waals surface area (Å²) in [7, 11) is 0. The van der Waals surface area contributed by atoms with Gasteiger partial charge in [0, 0.05) is 0 Å². The van der Waals surface area contributed by atoms with Crippen LogP contribution in [0.1, 0.15) is 46.0 Å². The molecule has 2 saturated heterocycles. The van der Waals surface area contributed by atoms with Crippen molar-refractivity contribution in [3.05, 3.63) is 0 Å². The van der Waals surface area contributed by atoms with Gasteiger partial charge in [-0.25, -0.2) is 9.78 Å². The van der Waals surface area contributed by atoms with E-state index in [-0.39, 0.29) is 36.8 Å². The summed E-state index contributed by atoms with van der Waals surface area (Å²) in [5.74, 6) is -0.259. The Labute approximate surface area is 108 Å². The maximum absolute atomic E-state index is 11.4. The highest BCUT2D eigenvalue weighted by molar-refractivity contribution is 5.70. The van der Waals surface area contributed by atoms with Crippen molar-refractivity contribution in [2.75, 3.05) is 6.61 Å². The topological polar surface area (TPSA) is 57.3 Å². The fourth-order valence-electron chi connectivity index (χ4n) is 2.33. The first kappa shape index (κ1) is 13.8. The van der Waals surface area contributed by atoms with Gasteiger partial charge in [0.2, 0.25) is 0 Å². The van der Waals surface area contributed by atoms with Crippen molar-refractivity contribution in [1.29, 1.82) is 0 Å². The first-order chi connectivity index (χ1) is 8.76. The second kappa shape index (κ2) is 6.50. The van der Waals surface area contributed by atoms with Gasteiger partial charge in [-0.05, 0) is 13.3 Å². The summed E-state index contributed by atoms with van der Waals surface area (Å²) >= 11 is 0. The van der Waals surface area contributed by atoms with Gasteiger partial charge in [-0.2, -0.15) is 0 Å². The quantitative estimate of drug-likeness (QED) is 0.302. The minimum atomic E-state index is -0.309. The number of epoxide rings is 1. The van der Waals surface area contributed by atoms with Crippen molar-refractivity contribution in [3.63, 3.8) is 0 Å². The van der Waals surface area contributed by atoms with Crippen LogP contribution in [0.2, 0.25) is 0 Å². The molecule has 0 aromatic rings. The Bertz CT molecular complexity index is 281. The van der Waals surface area contributed by atoms with E-state index in [1.54, 1.807) is 6.92 Å². The maximum Gasteiger partial charge on any atom is 0.308 e. The third kappa shape index (κ3) is 3.43. The monoisotopic (exact) mass is 258 g/mol. The summed E-state index contributed by atoms with van der Waals surface area (Å²) in [5, 5.41) is 0. The molecule has 0 aliphatic carbocycles. The Kier molecular flexibility index (Phi) is 4.97. The molecule has 0 amide bonds. The maximum atomic E-state index is 11.4. The van der Waals surface area contributed by atoms with Crippen LogP contribution in [-0.4, -0.2) is 37.0 Å². The molecule has 2 fully saturated rings. The van der Waals surface area contributed by atoms with E-state index in [0.29, 0.717) is 6.61 Å². The van der Waals surface area contributed by atoms with E-state index in [0.717, 1.165) is 12.8 Å². The highest BCUT2D eigenvalue weighted by Crippen LogP contribution is 2.39. The highest BCUT2D eigenvalue weighted by atomic mass is 17.2. The summed E-state index contributed by atoms with van der Waals surface area (Å²) in [5.41, 5.74) is 0. The number of ether oxygens (including phenoxy) is 2. The Morgan fingerprint density at radius 3 is 2.56 bits per heavy atom. The molecule has 0 saturated carbocycles. The normalized spacial score (nSPS) is 33.9. The average Bonchev–Trinajstić information content (AvgIpc) is 3.13. The molecular weight excluding hydrogens is 236 g/mol. The molecule has 0 spiro atoms. The molecule has 5 nitrogen and oxygen atoms in total. The third-order valence-electron chi connectivity index (χ3n) is 3.36. The lowest BCUT2D eigenvalue weighted by molar-refractivity contribution is -0.365. The SMILES string of the molecule is CCCCC[C@@H]1OO[C@H](CC(=O)OCC)[C@@H]2O[C@@H]21. The number of hydrogen-bond acceptors (Lipinski definition) is 5. The average molecular weight is 258 g/mol. The molecule has 5 heteroatoms. The summed E-state index contributed by atoms with van der Waals surface area (Å²) in [4.78, 5) is 22.0. The fraction of sp³-hybridized carbons (Fsp3) is 0.923. The number of esters is 1. The lowest BCUT2D eigenvalue weighted by Gasteiger charge is -2.23. The number of carbonyl (C=O) groups excluding carboxylic acids is 1. The van der Waals surface area contributed by atoms with Crippen molar-refractivity contribution in [1.82, 2.24) is 0 Å². The zero-order chi connectivity index (χ0) is 13.0. The van der Waals surface area contributed by atoms with E-state index in [1.807, 2.05) is 0 Å². The van der Waals surface area contributed by atoms with Gasteiger partial charge in [0.05, 0.1) is 13.0 Å². The van der Waals surface area contributed by atoms with Gasteiger partial charge in [-0.15, -0.1) is 0 Å². The first-order valence-electron chi connectivity index (χ1n) is 6.89. The van der Waals surface area contributed by atoms with Crippen LogP contribution in [0.25, 0.3) is 0 Å². The van der Waals surface area contributed by atoms with Crippen molar-refractivity contribution >= 4 is 5.97 Å². The summed E-state index contributed by atoms with van der Waals surface area (Å²) < 4.78 is 10.4. The number of fused-ring (bicyclic) bond motifs is 1. The molecule has 0 aromatic carbocycles. The molecule has 0 N–H and O–H groups in total. The van der Waals surface area contributed by atoms with Crippen LogP contribution in [0.5, 0.6) is 0 Å². The minimum Gasteiger partial charge on any atom is -0.466 e.